The fourth-order valence-corrected chi connectivity index (χ4v) is 4.51. The number of ether oxygens (including phenoxy) is 1. The SMILES string of the molecule is CNC(=O)c1cc(CC2CCCN(C(=O)c3ccc(Cc4ccccc4OC)nc3)CC2)ncn1. The topological polar surface area (TPSA) is 97.3 Å². The Morgan fingerprint density at radius 1 is 1.06 bits per heavy atom. The van der Waals surface area contributed by atoms with Gasteiger partial charge < -0.3 is 15.0 Å². The summed E-state index contributed by atoms with van der Waals surface area (Å²) in [5.74, 6) is 1.04. The van der Waals surface area contributed by atoms with Crippen LogP contribution in [-0.4, -0.2) is 58.9 Å². The van der Waals surface area contributed by atoms with E-state index in [2.05, 4.69) is 20.3 Å². The first-order valence-electron chi connectivity index (χ1n) is 12.0. The minimum atomic E-state index is -0.214. The molecule has 4 rings (SSSR count). The van der Waals surface area contributed by atoms with Gasteiger partial charge in [-0.1, -0.05) is 18.2 Å². The fraction of sp³-hybridized carbons (Fsp3) is 0.370. The molecule has 1 aliphatic heterocycles. The van der Waals surface area contributed by atoms with Gasteiger partial charge in [0.25, 0.3) is 11.8 Å². The molecule has 3 heterocycles. The molecule has 1 unspecified atom stereocenters. The van der Waals surface area contributed by atoms with Crippen LogP contribution in [0.1, 0.15) is 57.1 Å². The fourth-order valence-electron chi connectivity index (χ4n) is 4.51. The molecule has 1 aliphatic rings. The van der Waals surface area contributed by atoms with Crippen molar-refractivity contribution in [3.8, 4) is 5.75 Å². The molecule has 1 fully saturated rings. The van der Waals surface area contributed by atoms with E-state index in [-0.39, 0.29) is 11.8 Å². The molecule has 0 bridgehead atoms. The van der Waals surface area contributed by atoms with Crippen molar-refractivity contribution in [3.63, 3.8) is 0 Å². The number of benzene rings is 1. The lowest BCUT2D eigenvalue weighted by Gasteiger charge is -2.20. The Balaban J connectivity index is 1.35. The van der Waals surface area contributed by atoms with Crippen molar-refractivity contribution in [1.82, 2.24) is 25.2 Å². The number of likely N-dealkylation sites (tertiary alicyclic amines) is 1. The van der Waals surface area contributed by atoms with Crippen molar-refractivity contribution < 1.29 is 14.3 Å². The lowest BCUT2D eigenvalue weighted by atomic mass is 9.95. The Hall–Kier alpha value is -3.81. The number of carbonyl (C=O) groups excluding carboxylic acids is 2. The van der Waals surface area contributed by atoms with E-state index in [1.165, 1.54) is 6.33 Å². The first kappa shape index (κ1) is 24.3. The second kappa shape index (κ2) is 11.6. The number of methoxy groups -OCH3 is 1. The Bertz CT molecular complexity index is 1170. The van der Waals surface area contributed by atoms with Crippen molar-refractivity contribution in [1.29, 1.82) is 0 Å². The van der Waals surface area contributed by atoms with Gasteiger partial charge in [-0.05, 0) is 55.9 Å². The first-order chi connectivity index (χ1) is 17.1. The third-order valence-corrected chi connectivity index (χ3v) is 6.45. The number of aromatic nitrogens is 3. The van der Waals surface area contributed by atoms with E-state index in [9.17, 15) is 9.59 Å². The van der Waals surface area contributed by atoms with Gasteiger partial charge in [0.2, 0.25) is 0 Å². The number of amides is 2. The maximum atomic E-state index is 13.1. The normalized spacial score (nSPS) is 15.8. The number of para-hydroxylation sites is 1. The van der Waals surface area contributed by atoms with Crippen LogP contribution in [0.5, 0.6) is 5.75 Å². The molecule has 2 aromatic heterocycles. The summed E-state index contributed by atoms with van der Waals surface area (Å²) in [5.41, 5.74) is 3.80. The van der Waals surface area contributed by atoms with Crippen LogP contribution in [0.2, 0.25) is 0 Å². The molecule has 0 spiro atoms. The summed E-state index contributed by atoms with van der Waals surface area (Å²) in [6, 6.07) is 13.4. The Labute approximate surface area is 205 Å². The summed E-state index contributed by atoms with van der Waals surface area (Å²) in [5, 5.41) is 2.59. The summed E-state index contributed by atoms with van der Waals surface area (Å²) >= 11 is 0. The van der Waals surface area contributed by atoms with Gasteiger partial charge in [0, 0.05) is 49.7 Å². The van der Waals surface area contributed by atoms with Gasteiger partial charge in [-0.3, -0.25) is 14.6 Å². The molecule has 182 valence electrons. The number of rotatable bonds is 7. The largest absolute Gasteiger partial charge is 0.496 e. The van der Waals surface area contributed by atoms with Gasteiger partial charge in [-0.15, -0.1) is 0 Å². The predicted molar refractivity (Wildman–Crippen MR) is 132 cm³/mol. The Morgan fingerprint density at radius 2 is 1.91 bits per heavy atom. The molecule has 0 saturated carbocycles. The van der Waals surface area contributed by atoms with Crippen molar-refractivity contribution in [2.24, 2.45) is 5.92 Å². The average molecular weight is 474 g/mol. The van der Waals surface area contributed by atoms with Gasteiger partial charge >= 0.3 is 0 Å². The van der Waals surface area contributed by atoms with E-state index < -0.39 is 0 Å². The minimum absolute atomic E-state index is 0.0194. The first-order valence-corrected chi connectivity index (χ1v) is 12.0. The van der Waals surface area contributed by atoms with Crippen molar-refractivity contribution in [2.45, 2.75) is 32.1 Å². The van der Waals surface area contributed by atoms with Gasteiger partial charge in [-0.2, -0.15) is 0 Å². The molecule has 1 N–H and O–H groups in total. The second-order valence-corrected chi connectivity index (χ2v) is 8.79. The van der Waals surface area contributed by atoms with Crippen LogP contribution in [0.15, 0.2) is 55.0 Å². The van der Waals surface area contributed by atoms with Crippen LogP contribution in [0.3, 0.4) is 0 Å². The quantitative estimate of drug-likeness (QED) is 0.565. The van der Waals surface area contributed by atoms with Crippen molar-refractivity contribution in [2.75, 3.05) is 27.2 Å². The number of nitrogens with one attached hydrogen (secondary N) is 1. The highest BCUT2D eigenvalue weighted by atomic mass is 16.5. The zero-order valence-electron chi connectivity index (χ0n) is 20.2. The maximum Gasteiger partial charge on any atom is 0.269 e. The van der Waals surface area contributed by atoms with Crippen LogP contribution in [0, 0.1) is 5.92 Å². The zero-order chi connectivity index (χ0) is 24.6. The van der Waals surface area contributed by atoms with E-state index in [1.54, 1.807) is 26.4 Å². The molecule has 2 amide bonds. The van der Waals surface area contributed by atoms with E-state index in [1.807, 2.05) is 41.3 Å². The lowest BCUT2D eigenvalue weighted by Crippen LogP contribution is -2.32. The molecule has 1 aromatic carbocycles. The number of hydrogen-bond acceptors (Lipinski definition) is 6. The van der Waals surface area contributed by atoms with Gasteiger partial charge in [0.15, 0.2) is 0 Å². The van der Waals surface area contributed by atoms with Crippen LogP contribution < -0.4 is 10.1 Å². The highest BCUT2D eigenvalue weighted by Crippen LogP contribution is 2.23. The number of nitrogens with zero attached hydrogens (tertiary/aromatic N) is 4. The molecular weight excluding hydrogens is 442 g/mol. The summed E-state index contributed by atoms with van der Waals surface area (Å²) in [6.07, 6.45) is 7.38. The Morgan fingerprint density at radius 3 is 2.69 bits per heavy atom. The molecular formula is C27H31N5O3. The predicted octanol–water partition coefficient (Wildman–Crippen LogP) is 3.32. The third-order valence-electron chi connectivity index (χ3n) is 6.45. The highest BCUT2D eigenvalue weighted by Gasteiger charge is 2.23. The third kappa shape index (κ3) is 6.20. The van der Waals surface area contributed by atoms with E-state index in [0.29, 0.717) is 30.1 Å². The maximum absolute atomic E-state index is 13.1. The molecule has 1 atom stereocenters. The number of hydrogen-bond donors (Lipinski definition) is 1. The van der Waals surface area contributed by atoms with Crippen LogP contribution in [-0.2, 0) is 12.8 Å². The number of carbonyl (C=O) groups is 2. The monoisotopic (exact) mass is 473 g/mol. The molecule has 8 heteroatoms. The molecule has 3 aromatic rings. The lowest BCUT2D eigenvalue weighted by molar-refractivity contribution is 0.0759. The van der Waals surface area contributed by atoms with Gasteiger partial charge in [0.1, 0.15) is 17.8 Å². The molecule has 8 nitrogen and oxygen atoms in total. The zero-order valence-corrected chi connectivity index (χ0v) is 20.2. The molecule has 1 saturated heterocycles. The van der Waals surface area contributed by atoms with Crippen LogP contribution in [0.25, 0.3) is 0 Å². The summed E-state index contributed by atoms with van der Waals surface area (Å²) < 4.78 is 5.42. The van der Waals surface area contributed by atoms with Gasteiger partial charge in [-0.25, -0.2) is 9.97 Å². The summed E-state index contributed by atoms with van der Waals surface area (Å²) in [4.78, 5) is 39.8. The molecule has 0 aliphatic carbocycles. The minimum Gasteiger partial charge on any atom is -0.496 e. The Kier molecular flexibility index (Phi) is 8.03. The molecule has 35 heavy (non-hydrogen) atoms. The van der Waals surface area contributed by atoms with Crippen LogP contribution >= 0.6 is 0 Å². The van der Waals surface area contributed by atoms with Gasteiger partial charge in [0.05, 0.1) is 12.7 Å². The summed E-state index contributed by atoms with van der Waals surface area (Å²) in [6.45, 7) is 1.42. The van der Waals surface area contributed by atoms with Crippen molar-refractivity contribution >= 4 is 11.8 Å². The number of pyridine rings is 1. The average Bonchev–Trinajstić information content (AvgIpc) is 3.14. The smallest absolute Gasteiger partial charge is 0.269 e. The highest BCUT2D eigenvalue weighted by molar-refractivity contribution is 5.94. The van der Waals surface area contributed by atoms with Crippen molar-refractivity contribution in [3.05, 3.63) is 83.2 Å². The van der Waals surface area contributed by atoms with E-state index in [0.717, 1.165) is 54.9 Å². The second-order valence-electron chi connectivity index (χ2n) is 8.79. The van der Waals surface area contributed by atoms with E-state index >= 15 is 0 Å². The van der Waals surface area contributed by atoms with Crippen LogP contribution in [0.4, 0.5) is 0 Å². The summed E-state index contributed by atoms with van der Waals surface area (Å²) in [7, 11) is 3.25. The van der Waals surface area contributed by atoms with E-state index in [4.69, 9.17) is 4.74 Å². The standard InChI is InChI=1S/C27H31N5O3/c1-28-26(33)24-16-23(30-18-31-24)14-19-6-5-12-32(13-11-19)27(34)21-9-10-22(29-17-21)15-20-7-3-4-8-25(20)35-2/h3-4,7-10,16-19H,5-6,11-15H2,1-2H3,(H,28,33). The molecule has 0 radical (unpaired) electrons.